The van der Waals surface area contributed by atoms with Crippen LogP contribution in [0.4, 0.5) is 0 Å². The van der Waals surface area contributed by atoms with E-state index < -0.39 is 0 Å². The molecule has 0 aromatic carbocycles. The molecule has 108 valence electrons. The van der Waals surface area contributed by atoms with Gasteiger partial charge in [-0.05, 0) is 52.0 Å². The summed E-state index contributed by atoms with van der Waals surface area (Å²) in [4.78, 5) is 14.4. The normalized spacial score (nSPS) is 23.8. The van der Waals surface area contributed by atoms with Crippen molar-refractivity contribution in [1.82, 2.24) is 10.2 Å². The molecule has 0 radical (unpaired) electrons. The lowest BCUT2D eigenvalue weighted by molar-refractivity contribution is -0.130. The molecule has 0 bridgehead atoms. The lowest BCUT2D eigenvalue weighted by Gasteiger charge is -2.30. The van der Waals surface area contributed by atoms with E-state index in [9.17, 15) is 4.79 Å². The molecule has 0 saturated carbocycles. The number of allylic oxidation sites excluding steroid dienone is 1. The first kappa shape index (κ1) is 14.6. The highest BCUT2D eigenvalue weighted by atomic mass is 16.2. The van der Waals surface area contributed by atoms with Crippen molar-refractivity contribution < 1.29 is 4.79 Å². The minimum Gasteiger partial charge on any atom is -0.341 e. The second-order valence-electron chi connectivity index (χ2n) is 5.86. The van der Waals surface area contributed by atoms with Crippen LogP contribution in [0.2, 0.25) is 0 Å². The van der Waals surface area contributed by atoms with Crippen molar-refractivity contribution in [3.05, 3.63) is 11.6 Å². The molecule has 1 unspecified atom stereocenters. The molecule has 3 nitrogen and oxygen atoms in total. The summed E-state index contributed by atoms with van der Waals surface area (Å²) in [6, 6.07) is 0.512. The summed E-state index contributed by atoms with van der Waals surface area (Å²) in [7, 11) is 0. The number of hydrogen-bond acceptors (Lipinski definition) is 2. The van der Waals surface area contributed by atoms with E-state index in [4.69, 9.17) is 0 Å². The van der Waals surface area contributed by atoms with Gasteiger partial charge in [-0.1, -0.05) is 18.1 Å². The van der Waals surface area contributed by atoms with Gasteiger partial charge in [0.1, 0.15) is 0 Å². The van der Waals surface area contributed by atoms with Crippen LogP contribution in [-0.4, -0.2) is 36.5 Å². The van der Waals surface area contributed by atoms with Crippen LogP contribution >= 0.6 is 0 Å². The molecule has 1 aliphatic carbocycles. The summed E-state index contributed by atoms with van der Waals surface area (Å²) < 4.78 is 0. The number of carbonyl (C=O) groups excluding carboxylic acids is 1. The molecule has 1 N–H and O–H groups in total. The second-order valence-corrected chi connectivity index (χ2v) is 5.86. The van der Waals surface area contributed by atoms with Crippen LogP contribution < -0.4 is 5.32 Å². The predicted molar refractivity (Wildman–Crippen MR) is 79.1 cm³/mol. The van der Waals surface area contributed by atoms with Crippen molar-refractivity contribution in [3.63, 3.8) is 0 Å². The maximum Gasteiger partial charge on any atom is 0.226 e. The Hall–Kier alpha value is -0.830. The minimum absolute atomic E-state index is 0.322. The number of likely N-dealkylation sites (N-methyl/N-ethyl adjacent to an activating group) is 1. The van der Waals surface area contributed by atoms with E-state index in [1.807, 2.05) is 4.90 Å². The molecule has 1 amide bonds. The van der Waals surface area contributed by atoms with Gasteiger partial charge < -0.3 is 10.2 Å². The fourth-order valence-corrected chi connectivity index (χ4v) is 3.12. The van der Waals surface area contributed by atoms with Gasteiger partial charge >= 0.3 is 0 Å². The van der Waals surface area contributed by atoms with E-state index >= 15 is 0 Å². The maximum absolute atomic E-state index is 12.4. The van der Waals surface area contributed by atoms with Crippen molar-refractivity contribution in [3.8, 4) is 0 Å². The summed E-state index contributed by atoms with van der Waals surface area (Å²) in [6.07, 6.45) is 11.6. The number of rotatable bonds is 5. The van der Waals surface area contributed by atoms with Crippen LogP contribution in [0, 0.1) is 0 Å². The third-order valence-electron chi connectivity index (χ3n) is 4.35. The van der Waals surface area contributed by atoms with Crippen LogP contribution in [0.25, 0.3) is 0 Å². The molecule has 1 saturated heterocycles. The average Bonchev–Trinajstić information content (AvgIpc) is 2.47. The van der Waals surface area contributed by atoms with Gasteiger partial charge in [0.2, 0.25) is 5.91 Å². The highest BCUT2D eigenvalue weighted by Gasteiger charge is 2.20. The summed E-state index contributed by atoms with van der Waals surface area (Å²) >= 11 is 0. The van der Waals surface area contributed by atoms with E-state index in [-0.39, 0.29) is 0 Å². The van der Waals surface area contributed by atoms with Gasteiger partial charge in [-0.3, -0.25) is 4.79 Å². The van der Waals surface area contributed by atoms with E-state index in [0.717, 1.165) is 26.1 Å². The Morgan fingerprint density at radius 3 is 2.89 bits per heavy atom. The van der Waals surface area contributed by atoms with Gasteiger partial charge in [0.15, 0.2) is 0 Å². The largest absolute Gasteiger partial charge is 0.341 e. The number of carbonyl (C=O) groups is 1. The molecule has 2 rings (SSSR count). The fourth-order valence-electron chi connectivity index (χ4n) is 3.12. The molecule has 0 spiro atoms. The maximum atomic E-state index is 12.4. The van der Waals surface area contributed by atoms with Gasteiger partial charge in [-0.25, -0.2) is 0 Å². The lowest BCUT2D eigenvalue weighted by atomic mass is 9.96. The minimum atomic E-state index is 0.322. The SMILES string of the molecule is CCN(CC1CCCCN1)C(=O)CC1=CCCCC1. The first-order valence-corrected chi connectivity index (χ1v) is 7.98. The molecular formula is C16H28N2O. The summed E-state index contributed by atoms with van der Waals surface area (Å²) in [5.41, 5.74) is 1.37. The van der Waals surface area contributed by atoms with Gasteiger partial charge in [0.25, 0.3) is 0 Å². The number of piperidine rings is 1. The lowest BCUT2D eigenvalue weighted by Crippen LogP contribution is -2.45. The first-order valence-electron chi connectivity index (χ1n) is 7.98. The van der Waals surface area contributed by atoms with Crippen LogP contribution in [0.5, 0.6) is 0 Å². The van der Waals surface area contributed by atoms with Crippen LogP contribution in [0.15, 0.2) is 11.6 Å². The molecule has 0 aromatic rings. The Balaban J connectivity index is 1.81. The van der Waals surface area contributed by atoms with Crippen molar-refractivity contribution in [2.24, 2.45) is 0 Å². The van der Waals surface area contributed by atoms with Crippen molar-refractivity contribution in [2.45, 2.75) is 64.3 Å². The second kappa shape index (κ2) is 7.68. The third-order valence-corrected chi connectivity index (χ3v) is 4.35. The number of nitrogens with one attached hydrogen (secondary N) is 1. The zero-order valence-electron chi connectivity index (χ0n) is 12.3. The fraction of sp³-hybridized carbons (Fsp3) is 0.812. The smallest absolute Gasteiger partial charge is 0.226 e. The highest BCUT2D eigenvalue weighted by Crippen LogP contribution is 2.21. The molecular weight excluding hydrogens is 236 g/mol. The number of hydrogen-bond donors (Lipinski definition) is 1. The van der Waals surface area contributed by atoms with E-state index in [0.29, 0.717) is 18.4 Å². The standard InChI is InChI=1S/C16H28N2O/c1-2-18(13-15-10-6-7-11-17-15)16(19)12-14-8-4-3-5-9-14/h8,15,17H,2-7,9-13H2,1H3. The molecule has 1 atom stereocenters. The average molecular weight is 264 g/mol. The van der Waals surface area contributed by atoms with E-state index in [1.54, 1.807) is 0 Å². The van der Waals surface area contributed by atoms with E-state index in [1.165, 1.54) is 44.1 Å². The van der Waals surface area contributed by atoms with E-state index in [2.05, 4.69) is 18.3 Å². The first-order chi connectivity index (χ1) is 9.29. The Bertz CT molecular complexity index is 319. The van der Waals surface area contributed by atoms with Crippen LogP contribution in [0.1, 0.15) is 58.3 Å². The summed E-state index contributed by atoms with van der Waals surface area (Å²) in [6.45, 7) is 4.93. The molecule has 2 aliphatic rings. The molecule has 1 heterocycles. The van der Waals surface area contributed by atoms with Crippen molar-refractivity contribution in [2.75, 3.05) is 19.6 Å². The van der Waals surface area contributed by atoms with Crippen molar-refractivity contribution >= 4 is 5.91 Å². The zero-order chi connectivity index (χ0) is 13.5. The van der Waals surface area contributed by atoms with Crippen molar-refractivity contribution in [1.29, 1.82) is 0 Å². The van der Waals surface area contributed by atoms with Gasteiger partial charge in [0.05, 0.1) is 0 Å². The monoisotopic (exact) mass is 264 g/mol. The Kier molecular flexibility index (Phi) is 5.90. The zero-order valence-corrected chi connectivity index (χ0v) is 12.3. The third kappa shape index (κ3) is 4.64. The molecule has 3 heteroatoms. The summed E-state index contributed by atoms with van der Waals surface area (Å²) in [5, 5.41) is 3.53. The Morgan fingerprint density at radius 1 is 1.37 bits per heavy atom. The van der Waals surface area contributed by atoms with Crippen LogP contribution in [0.3, 0.4) is 0 Å². The highest BCUT2D eigenvalue weighted by molar-refractivity contribution is 5.78. The predicted octanol–water partition coefficient (Wildman–Crippen LogP) is 2.87. The Morgan fingerprint density at radius 2 is 2.26 bits per heavy atom. The van der Waals surface area contributed by atoms with Gasteiger partial charge in [-0.2, -0.15) is 0 Å². The quantitative estimate of drug-likeness (QED) is 0.774. The van der Waals surface area contributed by atoms with Gasteiger partial charge in [-0.15, -0.1) is 0 Å². The van der Waals surface area contributed by atoms with Crippen LogP contribution in [-0.2, 0) is 4.79 Å². The Labute approximate surface area is 117 Å². The topological polar surface area (TPSA) is 32.3 Å². The molecule has 19 heavy (non-hydrogen) atoms. The van der Waals surface area contributed by atoms with Gasteiger partial charge in [0, 0.05) is 25.6 Å². The number of nitrogens with zero attached hydrogens (tertiary/aromatic N) is 1. The number of amides is 1. The molecule has 0 aromatic heterocycles. The molecule has 1 aliphatic heterocycles. The summed E-state index contributed by atoms with van der Waals surface area (Å²) in [5.74, 6) is 0.322. The molecule has 1 fully saturated rings.